The maximum atomic E-state index is 6.76. The van der Waals surface area contributed by atoms with Gasteiger partial charge in [-0.2, -0.15) is 0 Å². The fraction of sp³-hybridized carbons (Fsp3) is 1.00. The molecule has 0 amide bonds. The molecule has 0 radical (unpaired) electrons. The molecule has 4 atom stereocenters. The highest BCUT2D eigenvalue weighted by molar-refractivity contribution is 4.97. The Kier molecular flexibility index (Phi) is 4.40. The Labute approximate surface area is 124 Å². The van der Waals surface area contributed by atoms with Crippen LogP contribution in [0.15, 0.2) is 0 Å². The first-order chi connectivity index (χ1) is 9.56. The topological polar surface area (TPSA) is 32.5 Å². The standard InChI is InChI=1S/C17H33N3/c1-14-6-5-8-17(18,10-14)13-20-12-16-7-3-4-9-19(16)11-15(20)2/h14-16H,3-13,18H2,1-2H3. The van der Waals surface area contributed by atoms with Crippen molar-refractivity contribution in [1.29, 1.82) is 0 Å². The summed E-state index contributed by atoms with van der Waals surface area (Å²) in [5.41, 5.74) is 6.84. The lowest BCUT2D eigenvalue weighted by molar-refractivity contribution is -0.00138. The molecule has 3 aliphatic rings. The first kappa shape index (κ1) is 14.8. The third-order valence-electron chi connectivity index (χ3n) is 5.96. The SMILES string of the molecule is CC1CCCC(N)(CN2CC3CCCCN3CC2C)C1. The van der Waals surface area contributed by atoms with E-state index in [1.807, 2.05) is 0 Å². The molecule has 1 aliphatic carbocycles. The second kappa shape index (κ2) is 5.94. The summed E-state index contributed by atoms with van der Waals surface area (Å²) in [6, 6.07) is 1.49. The summed E-state index contributed by atoms with van der Waals surface area (Å²) in [4.78, 5) is 5.45. The van der Waals surface area contributed by atoms with Gasteiger partial charge in [0.25, 0.3) is 0 Å². The summed E-state index contributed by atoms with van der Waals surface area (Å²) in [6.45, 7) is 9.75. The van der Waals surface area contributed by atoms with Crippen LogP contribution in [0, 0.1) is 5.92 Å². The molecule has 2 saturated heterocycles. The van der Waals surface area contributed by atoms with Crippen LogP contribution in [-0.2, 0) is 0 Å². The number of nitrogens with two attached hydrogens (primary N) is 1. The van der Waals surface area contributed by atoms with E-state index in [4.69, 9.17) is 5.73 Å². The lowest BCUT2D eigenvalue weighted by atomic mass is 9.76. The first-order valence-corrected chi connectivity index (χ1v) is 8.83. The average molecular weight is 279 g/mol. The van der Waals surface area contributed by atoms with Gasteiger partial charge in [-0.05, 0) is 45.1 Å². The van der Waals surface area contributed by atoms with Crippen LogP contribution in [-0.4, -0.2) is 53.6 Å². The van der Waals surface area contributed by atoms with Crippen LogP contribution in [0.5, 0.6) is 0 Å². The molecule has 2 aliphatic heterocycles. The zero-order valence-corrected chi connectivity index (χ0v) is 13.5. The van der Waals surface area contributed by atoms with Gasteiger partial charge in [-0.3, -0.25) is 9.80 Å². The monoisotopic (exact) mass is 279 g/mol. The van der Waals surface area contributed by atoms with Gasteiger partial charge in [0.1, 0.15) is 0 Å². The Balaban J connectivity index is 1.61. The number of nitrogens with zero attached hydrogens (tertiary/aromatic N) is 2. The molecule has 3 heteroatoms. The van der Waals surface area contributed by atoms with Crippen LogP contribution < -0.4 is 5.73 Å². The van der Waals surface area contributed by atoms with Crippen LogP contribution in [0.2, 0.25) is 0 Å². The highest BCUT2D eigenvalue weighted by Crippen LogP contribution is 2.33. The van der Waals surface area contributed by atoms with E-state index in [1.165, 1.54) is 64.6 Å². The summed E-state index contributed by atoms with van der Waals surface area (Å²) < 4.78 is 0. The van der Waals surface area contributed by atoms with Gasteiger partial charge in [0.2, 0.25) is 0 Å². The normalized spacial score (nSPS) is 44.2. The molecular weight excluding hydrogens is 246 g/mol. The maximum Gasteiger partial charge on any atom is 0.0286 e. The van der Waals surface area contributed by atoms with Crippen molar-refractivity contribution in [3.05, 3.63) is 0 Å². The van der Waals surface area contributed by atoms with Gasteiger partial charge in [0.05, 0.1) is 0 Å². The van der Waals surface area contributed by atoms with Crippen molar-refractivity contribution in [2.75, 3.05) is 26.2 Å². The van der Waals surface area contributed by atoms with Crippen LogP contribution in [0.3, 0.4) is 0 Å². The van der Waals surface area contributed by atoms with Gasteiger partial charge in [0, 0.05) is 37.3 Å². The third kappa shape index (κ3) is 3.20. The molecule has 4 unspecified atom stereocenters. The molecular formula is C17H33N3. The molecule has 0 aromatic carbocycles. The van der Waals surface area contributed by atoms with Gasteiger partial charge in [-0.15, -0.1) is 0 Å². The summed E-state index contributed by atoms with van der Waals surface area (Å²) in [7, 11) is 0. The molecule has 0 aromatic heterocycles. The Bertz CT molecular complexity index is 332. The lowest BCUT2D eigenvalue weighted by Crippen LogP contribution is -2.63. The Morgan fingerprint density at radius 2 is 1.95 bits per heavy atom. The number of rotatable bonds is 2. The fourth-order valence-corrected chi connectivity index (χ4v) is 4.88. The highest BCUT2D eigenvalue weighted by Gasteiger charge is 2.38. The van der Waals surface area contributed by atoms with E-state index >= 15 is 0 Å². The van der Waals surface area contributed by atoms with E-state index < -0.39 is 0 Å². The molecule has 2 heterocycles. The summed E-state index contributed by atoms with van der Waals surface area (Å²) >= 11 is 0. The van der Waals surface area contributed by atoms with Crippen LogP contribution >= 0.6 is 0 Å². The van der Waals surface area contributed by atoms with E-state index in [1.54, 1.807) is 0 Å². The lowest BCUT2D eigenvalue weighted by Gasteiger charge is -2.50. The maximum absolute atomic E-state index is 6.76. The van der Waals surface area contributed by atoms with Crippen molar-refractivity contribution >= 4 is 0 Å². The molecule has 3 rings (SSSR count). The molecule has 20 heavy (non-hydrogen) atoms. The third-order valence-corrected chi connectivity index (χ3v) is 5.96. The predicted molar refractivity (Wildman–Crippen MR) is 84.8 cm³/mol. The zero-order chi connectivity index (χ0) is 14.2. The Hall–Kier alpha value is -0.120. The summed E-state index contributed by atoms with van der Waals surface area (Å²) in [5.74, 6) is 0.819. The van der Waals surface area contributed by atoms with Crippen molar-refractivity contribution in [3.8, 4) is 0 Å². The number of hydrogen-bond donors (Lipinski definition) is 1. The average Bonchev–Trinajstić information content (AvgIpc) is 2.39. The predicted octanol–water partition coefficient (Wildman–Crippen LogP) is 2.45. The minimum Gasteiger partial charge on any atom is -0.324 e. The van der Waals surface area contributed by atoms with Crippen molar-refractivity contribution in [2.24, 2.45) is 11.7 Å². The van der Waals surface area contributed by atoms with Crippen molar-refractivity contribution < 1.29 is 0 Å². The number of fused-ring (bicyclic) bond motifs is 1. The molecule has 2 N–H and O–H groups in total. The van der Waals surface area contributed by atoms with Crippen molar-refractivity contribution in [1.82, 2.24) is 9.80 Å². The fourth-order valence-electron chi connectivity index (χ4n) is 4.88. The zero-order valence-electron chi connectivity index (χ0n) is 13.5. The molecule has 3 nitrogen and oxygen atoms in total. The Morgan fingerprint density at radius 1 is 1.10 bits per heavy atom. The van der Waals surface area contributed by atoms with Gasteiger partial charge in [-0.1, -0.05) is 26.2 Å². The molecule has 0 aromatic rings. The van der Waals surface area contributed by atoms with Gasteiger partial charge in [0.15, 0.2) is 0 Å². The second-order valence-corrected chi connectivity index (χ2v) is 7.99. The first-order valence-electron chi connectivity index (χ1n) is 8.83. The molecule has 0 bridgehead atoms. The molecule has 3 fully saturated rings. The minimum atomic E-state index is 0.0861. The van der Waals surface area contributed by atoms with Crippen molar-refractivity contribution in [3.63, 3.8) is 0 Å². The summed E-state index contributed by atoms with van der Waals surface area (Å²) in [5, 5.41) is 0. The van der Waals surface area contributed by atoms with Gasteiger partial charge < -0.3 is 5.73 Å². The van der Waals surface area contributed by atoms with E-state index in [2.05, 4.69) is 23.6 Å². The molecule has 0 spiro atoms. The number of piperidine rings is 1. The van der Waals surface area contributed by atoms with Gasteiger partial charge >= 0.3 is 0 Å². The van der Waals surface area contributed by atoms with E-state index in [0.29, 0.717) is 6.04 Å². The van der Waals surface area contributed by atoms with E-state index in [0.717, 1.165) is 18.5 Å². The van der Waals surface area contributed by atoms with E-state index in [9.17, 15) is 0 Å². The largest absolute Gasteiger partial charge is 0.324 e. The molecule has 1 saturated carbocycles. The van der Waals surface area contributed by atoms with E-state index in [-0.39, 0.29) is 5.54 Å². The minimum absolute atomic E-state index is 0.0861. The number of hydrogen-bond acceptors (Lipinski definition) is 3. The quantitative estimate of drug-likeness (QED) is 0.843. The summed E-state index contributed by atoms with van der Waals surface area (Å²) in [6.07, 6.45) is 9.40. The second-order valence-electron chi connectivity index (χ2n) is 7.99. The number of piperazine rings is 1. The van der Waals surface area contributed by atoms with Crippen molar-refractivity contribution in [2.45, 2.75) is 76.4 Å². The smallest absolute Gasteiger partial charge is 0.0286 e. The highest BCUT2D eigenvalue weighted by atomic mass is 15.3. The van der Waals surface area contributed by atoms with Gasteiger partial charge in [-0.25, -0.2) is 0 Å². The molecule has 116 valence electrons. The van der Waals surface area contributed by atoms with Crippen LogP contribution in [0.25, 0.3) is 0 Å². The van der Waals surface area contributed by atoms with Crippen LogP contribution in [0.4, 0.5) is 0 Å². The Morgan fingerprint density at radius 3 is 2.75 bits per heavy atom. The van der Waals surface area contributed by atoms with Crippen LogP contribution in [0.1, 0.15) is 58.8 Å².